The minimum Gasteiger partial charge on any atom is -0.289 e. The highest BCUT2D eigenvalue weighted by Crippen LogP contribution is 2.04. The van der Waals surface area contributed by atoms with E-state index in [-0.39, 0.29) is 11.6 Å². The molecule has 0 radical (unpaired) electrons. The molecule has 0 N–H and O–H groups in total. The molecule has 1 rings (SSSR count). The van der Waals surface area contributed by atoms with E-state index in [4.69, 9.17) is 0 Å². The molecule has 1 aromatic carbocycles. The fourth-order valence-corrected chi connectivity index (χ4v) is 0.889. The predicted molar refractivity (Wildman–Crippen MR) is 45.5 cm³/mol. The Hall–Kier alpha value is -1.44. The van der Waals surface area contributed by atoms with Crippen molar-refractivity contribution in [2.24, 2.45) is 0 Å². The van der Waals surface area contributed by atoms with E-state index in [1.54, 1.807) is 19.1 Å². The summed E-state index contributed by atoms with van der Waals surface area (Å²) in [5.74, 6) is -0.553. The van der Waals surface area contributed by atoms with Crippen LogP contribution in [0.5, 0.6) is 0 Å². The minimum atomic E-state index is -0.384. The lowest BCUT2D eigenvalue weighted by atomic mass is 10.1. The second kappa shape index (κ2) is 3.81. The van der Waals surface area contributed by atoms with Gasteiger partial charge in [-0.3, -0.25) is 4.79 Å². The van der Waals surface area contributed by atoms with Gasteiger partial charge in [-0.1, -0.05) is 18.2 Å². The van der Waals surface area contributed by atoms with Crippen molar-refractivity contribution >= 4 is 5.78 Å². The summed E-state index contributed by atoms with van der Waals surface area (Å²) in [7, 11) is 0. The molecule has 0 atom stereocenters. The third kappa shape index (κ3) is 2.02. The van der Waals surface area contributed by atoms with E-state index in [0.29, 0.717) is 5.56 Å². The van der Waals surface area contributed by atoms with Gasteiger partial charge in [0, 0.05) is 5.56 Å². The van der Waals surface area contributed by atoms with Gasteiger partial charge in [-0.05, 0) is 25.1 Å². The van der Waals surface area contributed by atoms with Crippen LogP contribution in [0.3, 0.4) is 0 Å². The van der Waals surface area contributed by atoms with Crippen LogP contribution in [0.4, 0.5) is 4.39 Å². The summed E-state index contributed by atoms with van der Waals surface area (Å²) < 4.78 is 12.6. The topological polar surface area (TPSA) is 17.1 Å². The molecule has 2 heteroatoms. The van der Waals surface area contributed by atoms with Crippen LogP contribution < -0.4 is 0 Å². The number of benzene rings is 1. The molecule has 1 nitrogen and oxygen atoms in total. The standard InChI is InChI=1S/C10H9FO/c1-2-4-10(12)8-5-3-6-9(11)7-8/h2-7H,1H3. The largest absolute Gasteiger partial charge is 0.289 e. The van der Waals surface area contributed by atoms with Gasteiger partial charge in [0.25, 0.3) is 0 Å². The second-order valence-corrected chi connectivity index (χ2v) is 2.37. The highest BCUT2D eigenvalue weighted by molar-refractivity contribution is 6.04. The highest BCUT2D eigenvalue weighted by atomic mass is 19.1. The third-order valence-electron chi connectivity index (χ3n) is 1.43. The maximum absolute atomic E-state index is 12.6. The van der Waals surface area contributed by atoms with Gasteiger partial charge < -0.3 is 0 Å². The fourth-order valence-electron chi connectivity index (χ4n) is 0.889. The highest BCUT2D eigenvalue weighted by Gasteiger charge is 2.00. The van der Waals surface area contributed by atoms with E-state index in [9.17, 15) is 9.18 Å². The van der Waals surface area contributed by atoms with Gasteiger partial charge in [0.15, 0.2) is 5.78 Å². The lowest BCUT2D eigenvalue weighted by Crippen LogP contribution is -1.93. The lowest BCUT2D eigenvalue weighted by molar-refractivity contribution is 0.104. The Balaban J connectivity index is 2.96. The molecule has 0 unspecified atom stereocenters. The van der Waals surface area contributed by atoms with E-state index < -0.39 is 0 Å². The first kappa shape index (κ1) is 8.65. The second-order valence-electron chi connectivity index (χ2n) is 2.37. The third-order valence-corrected chi connectivity index (χ3v) is 1.43. The van der Waals surface area contributed by atoms with Crippen LogP contribution in [0.1, 0.15) is 17.3 Å². The summed E-state index contributed by atoms with van der Waals surface area (Å²) in [4.78, 5) is 11.1. The molecule has 12 heavy (non-hydrogen) atoms. The van der Waals surface area contributed by atoms with Gasteiger partial charge in [-0.15, -0.1) is 0 Å². The van der Waals surface area contributed by atoms with Gasteiger partial charge in [0.05, 0.1) is 0 Å². The zero-order chi connectivity index (χ0) is 8.97. The van der Waals surface area contributed by atoms with Crippen LogP contribution in [0.15, 0.2) is 36.4 Å². The number of hydrogen-bond donors (Lipinski definition) is 0. The molecule has 1 aromatic rings. The molecule has 0 fully saturated rings. The predicted octanol–water partition coefficient (Wildman–Crippen LogP) is 2.58. The Morgan fingerprint density at radius 3 is 2.83 bits per heavy atom. The molecule has 0 aromatic heterocycles. The summed E-state index contributed by atoms with van der Waals surface area (Å²) in [6.45, 7) is 1.75. The Kier molecular flexibility index (Phi) is 2.75. The fraction of sp³-hybridized carbons (Fsp3) is 0.100. The first-order chi connectivity index (χ1) is 5.74. The van der Waals surface area contributed by atoms with Crippen LogP contribution >= 0.6 is 0 Å². The molecule has 0 spiro atoms. The van der Waals surface area contributed by atoms with Crippen LogP contribution in [0.2, 0.25) is 0 Å². The van der Waals surface area contributed by atoms with Gasteiger partial charge in [0.2, 0.25) is 0 Å². The summed E-state index contributed by atoms with van der Waals surface area (Å²) in [5, 5.41) is 0. The monoisotopic (exact) mass is 164 g/mol. The van der Waals surface area contributed by atoms with Crippen molar-refractivity contribution in [1.29, 1.82) is 0 Å². The van der Waals surface area contributed by atoms with E-state index in [1.165, 1.54) is 24.3 Å². The number of carbonyl (C=O) groups excluding carboxylic acids is 1. The average molecular weight is 164 g/mol. The molecule has 0 bridgehead atoms. The van der Waals surface area contributed by atoms with Gasteiger partial charge in [-0.2, -0.15) is 0 Å². The zero-order valence-corrected chi connectivity index (χ0v) is 6.75. The van der Waals surface area contributed by atoms with Gasteiger partial charge in [0.1, 0.15) is 5.82 Å². The molecule has 0 aliphatic carbocycles. The summed E-state index contributed by atoms with van der Waals surface area (Å²) in [6, 6.07) is 5.65. The number of hydrogen-bond acceptors (Lipinski definition) is 1. The molecular formula is C10H9FO. The average Bonchev–Trinajstić information content (AvgIpc) is 2.05. The molecule has 0 saturated carbocycles. The summed E-state index contributed by atoms with van der Waals surface area (Å²) in [5.41, 5.74) is 0.383. The summed E-state index contributed by atoms with van der Waals surface area (Å²) >= 11 is 0. The molecule has 0 amide bonds. The first-order valence-corrected chi connectivity index (χ1v) is 3.66. The van der Waals surface area contributed by atoms with Crippen molar-refractivity contribution in [3.8, 4) is 0 Å². The summed E-state index contributed by atoms with van der Waals surface area (Å²) in [6.07, 6.45) is 3.04. The van der Waals surface area contributed by atoms with Gasteiger partial charge >= 0.3 is 0 Å². The van der Waals surface area contributed by atoms with Crippen LogP contribution in [-0.2, 0) is 0 Å². The maximum atomic E-state index is 12.6. The quantitative estimate of drug-likeness (QED) is 0.485. The van der Waals surface area contributed by atoms with Crippen molar-refractivity contribution < 1.29 is 9.18 Å². The Bertz CT molecular complexity index is 315. The van der Waals surface area contributed by atoms with E-state index >= 15 is 0 Å². The van der Waals surface area contributed by atoms with E-state index in [2.05, 4.69) is 0 Å². The molecule has 0 aliphatic rings. The Morgan fingerprint density at radius 1 is 1.50 bits per heavy atom. The van der Waals surface area contributed by atoms with Crippen molar-refractivity contribution in [1.82, 2.24) is 0 Å². The van der Waals surface area contributed by atoms with Crippen molar-refractivity contribution in [2.45, 2.75) is 6.92 Å². The smallest absolute Gasteiger partial charge is 0.185 e. The van der Waals surface area contributed by atoms with Crippen molar-refractivity contribution in [2.75, 3.05) is 0 Å². The molecular weight excluding hydrogens is 155 g/mol. The Morgan fingerprint density at radius 2 is 2.25 bits per heavy atom. The molecule has 0 heterocycles. The van der Waals surface area contributed by atoms with Crippen LogP contribution in [0, 0.1) is 5.82 Å². The molecule has 62 valence electrons. The van der Waals surface area contributed by atoms with E-state index in [0.717, 1.165) is 0 Å². The van der Waals surface area contributed by atoms with E-state index in [1.807, 2.05) is 0 Å². The van der Waals surface area contributed by atoms with Crippen molar-refractivity contribution in [3.05, 3.63) is 47.8 Å². The van der Waals surface area contributed by atoms with Crippen LogP contribution in [0.25, 0.3) is 0 Å². The van der Waals surface area contributed by atoms with Crippen molar-refractivity contribution in [3.63, 3.8) is 0 Å². The number of carbonyl (C=O) groups is 1. The number of allylic oxidation sites excluding steroid dienone is 2. The molecule has 0 saturated heterocycles. The minimum absolute atomic E-state index is 0.169. The molecule has 0 aliphatic heterocycles. The lowest BCUT2D eigenvalue weighted by Gasteiger charge is -1.94. The van der Waals surface area contributed by atoms with Gasteiger partial charge in [-0.25, -0.2) is 4.39 Å². The number of rotatable bonds is 2. The number of halogens is 1. The normalized spacial score (nSPS) is 10.5. The number of ketones is 1. The van der Waals surface area contributed by atoms with Crippen LogP contribution in [-0.4, -0.2) is 5.78 Å². The first-order valence-electron chi connectivity index (χ1n) is 3.66. The maximum Gasteiger partial charge on any atom is 0.185 e. The zero-order valence-electron chi connectivity index (χ0n) is 6.75. The Labute approximate surface area is 70.5 Å². The SMILES string of the molecule is CC=CC(=O)c1cccc(F)c1.